The fourth-order valence-electron chi connectivity index (χ4n) is 1.99. The van der Waals surface area contributed by atoms with E-state index in [-0.39, 0.29) is 5.82 Å². The Morgan fingerprint density at radius 1 is 1.05 bits per heavy atom. The highest BCUT2D eigenvalue weighted by Crippen LogP contribution is 2.29. The number of rotatable bonds is 3. The molecule has 0 amide bonds. The van der Waals surface area contributed by atoms with Gasteiger partial charge in [0.1, 0.15) is 17.3 Å². The molecule has 2 aromatic carbocycles. The van der Waals surface area contributed by atoms with Crippen LogP contribution in [0.5, 0.6) is 5.75 Å². The zero-order valence-electron chi connectivity index (χ0n) is 11.8. The molecule has 4 nitrogen and oxygen atoms in total. The molecule has 22 heavy (non-hydrogen) atoms. The number of ether oxygens (including phenoxy) is 1. The number of benzene rings is 2. The van der Waals surface area contributed by atoms with Crippen molar-refractivity contribution in [2.45, 2.75) is 0 Å². The Morgan fingerprint density at radius 3 is 2.55 bits per heavy atom. The smallest absolute Gasteiger partial charge is 0.185 e. The molecular weight excluding hydrogens is 301 g/mol. The summed E-state index contributed by atoms with van der Waals surface area (Å²) in [5.41, 5.74) is 7.84. The van der Waals surface area contributed by atoms with E-state index >= 15 is 0 Å². The van der Waals surface area contributed by atoms with Gasteiger partial charge in [-0.3, -0.25) is 10.9 Å². The van der Waals surface area contributed by atoms with Crippen molar-refractivity contribution in [2.75, 3.05) is 7.11 Å². The third-order valence-electron chi connectivity index (χ3n) is 3.06. The minimum absolute atomic E-state index is 0.270. The Balaban J connectivity index is 1.81. The highest BCUT2D eigenvalue weighted by Gasteiger charge is 2.13. The molecule has 0 bridgehead atoms. The number of hydrogen-bond acceptors (Lipinski definition) is 4. The van der Waals surface area contributed by atoms with Crippen LogP contribution in [0.2, 0.25) is 0 Å². The number of aliphatic imine (C=N–C) groups is 1. The summed E-state index contributed by atoms with van der Waals surface area (Å²) < 4.78 is 19.0. The van der Waals surface area contributed by atoms with Crippen LogP contribution in [0.3, 0.4) is 0 Å². The number of halogens is 1. The zero-order chi connectivity index (χ0) is 15.4. The van der Waals surface area contributed by atoms with Crippen molar-refractivity contribution in [3.8, 4) is 5.75 Å². The van der Waals surface area contributed by atoms with E-state index < -0.39 is 0 Å². The van der Waals surface area contributed by atoms with E-state index in [1.165, 1.54) is 17.8 Å². The van der Waals surface area contributed by atoms with E-state index in [2.05, 4.69) is 15.8 Å². The molecule has 0 spiro atoms. The zero-order valence-corrected chi connectivity index (χ0v) is 12.7. The maximum Gasteiger partial charge on any atom is 0.185 e. The number of methoxy groups -OCH3 is 1. The summed E-state index contributed by atoms with van der Waals surface area (Å²) in [5.74, 6) is 0.426. The van der Waals surface area contributed by atoms with Gasteiger partial charge >= 0.3 is 0 Å². The molecule has 2 aromatic rings. The normalized spacial score (nSPS) is 15.7. The van der Waals surface area contributed by atoms with E-state index in [1.807, 2.05) is 29.7 Å². The van der Waals surface area contributed by atoms with Gasteiger partial charge in [-0.05, 0) is 24.3 Å². The highest BCUT2D eigenvalue weighted by atomic mass is 32.2. The third kappa shape index (κ3) is 3.07. The SMILES string of the molecule is COc1ccccc1N=C1NNC(c2ccccc2F)=CS1. The average Bonchev–Trinajstić information content (AvgIpc) is 2.57. The van der Waals surface area contributed by atoms with Gasteiger partial charge in [-0.1, -0.05) is 36.0 Å². The molecule has 3 rings (SSSR count). The quantitative estimate of drug-likeness (QED) is 0.907. The molecular formula is C16H14FN3OS. The van der Waals surface area contributed by atoms with Crippen LogP contribution in [0.25, 0.3) is 5.70 Å². The number of amidine groups is 1. The lowest BCUT2D eigenvalue weighted by atomic mass is 10.2. The van der Waals surface area contributed by atoms with Gasteiger partial charge in [0.05, 0.1) is 12.8 Å². The highest BCUT2D eigenvalue weighted by molar-refractivity contribution is 8.16. The van der Waals surface area contributed by atoms with Crippen LogP contribution < -0.4 is 15.6 Å². The summed E-state index contributed by atoms with van der Waals surface area (Å²) >= 11 is 1.38. The topological polar surface area (TPSA) is 45.6 Å². The van der Waals surface area contributed by atoms with Gasteiger partial charge in [-0.25, -0.2) is 9.38 Å². The van der Waals surface area contributed by atoms with Gasteiger partial charge in [0.15, 0.2) is 5.17 Å². The number of nitrogens with one attached hydrogen (secondary N) is 2. The molecule has 6 heteroatoms. The van der Waals surface area contributed by atoms with Gasteiger partial charge in [-0.2, -0.15) is 0 Å². The average molecular weight is 315 g/mol. The van der Waals surface area contributed by atoms with Gasteiger partial charge < -0.3 is 4.74 Å². The molecule has 1 aliphatic heterocycles. The first-order chi connectivity index (χ1) is 10.8. The predicted molar refractivity (Wildman–Crippen MR) is 88.3 cm³/mol. The Bertz CT molecular complexity index is 746. The summed E-state index contributed by atoms with van der Waals surface area (Å²) in [5, 5.41) is 2.48. The second kappa shape index (κ2) is 6.53. The predicted octanol–water partition coefficient (Wildman–Crippen LogP) is 3.66. The minimum atomic E-state index is -0.270. The lowest BCUT2D eigenvalue weighted by molar-refractivity contribution is 0.416. The number of para-hydroxylation sites is 2. The molecule has 0 aromatic heterocycles. The molecule has 0 aliphatic carbocycles. The summed E-state index contributed by atoms with van der Waals surface area (Å²) in [6.45, 7) is 0. The number of hydrogen-bond donors (Lipinski definition) is 2. The minimum Gasteiger partial charge on any atom is -0.494 e. The Kier molecular flexibility index (Phi) is 4.29. The first-order valence-electron chi connectivity index (χ1n) is 6.63. The van der Waals surface area contributed by atoms with Crippen LogP contribution in [0.4, 0.5) is 10.1 Å². The third-order valence-corrected chi connectivity index (χ3v) is 3.83. The monoisotopic (exact) mass is 315 g/mol. The fourth-order valence-corrected chi connectivity index (χ4v) is 2.67. The van der Waals surface area contributed by atoms with Crippen LogP contribution >= 0.6 is 11.8 Å². The lowest BCUT2D eigenvalue weighted by Gasteiger charge is -2.19. The second-order valence-electron chi connectivity index (χ2n) is 4.47. The summed E-state index contributed by atoms with van der Waals surface area (Å²) in [4.78, 5) is 4.48. The standard InChI is InChI=1S/C16H14FN3OS/c1-21-15-9-5-4-8-13(15)18-16-20-19-14(10-22-16)11-6-2-3-7-12(11)17/h2-10,19H,1H3,(H,18,20). The van der Waals surface area contributed by atoms with Crippen LogP contribution in [-0.4, -0.2) is 12.3 Å². The van der Waals surface area contributed by atoms with E-state index in [0.717, 1.165) is 5.69 Å². The Morgan fingerprint density at radius 2 is 1.82 bits per heavy atom. The largest absolute Gasteiger partial charge is 0.494 e. The van der Waals surface area contributed by atoms with Crippen LogP contribution in [0.15, 0.2) is 58.9 Å². The maximum absolute atomic E-state index is 13.8. The molecule has 112 valence electrons. The Labute approximate surface area is 132 Å². The number of hydrazine groups is 1. The number of thioether (sulfide) groups is 1. The van der Waals surface area contributed by atoms with Crippen molar-refractivity contribution in [1.29, 1.82) is 0 Å². The molecule has 0 fully saturated rings. The first-order valence-corrected chi connectivity index (χ1v) is 7.51. The van der Waals surface area contributed by atoms with Crippen molar-refractivity contribution >= 4 is 28.3 Å². The second-order valence-corrected chi connectivity index (χ2v) is 5.33. The summed E-state index contributed by atoms with van der Waals surface area (Å²) in [6, 6.07) is 14.1. The van der Waals surface area contributed by atoms with Gasteiger partial charge in [0, 0.05) is 11.0 Å². The molecule has 0 saturated carbocycles. The van der Waals surface area contributed by atoms with Gasteiger partial charge in [-0.15, -0.1) is 0 Å². The Hall–Kier alpha value is -2.47. The summed E-state index contributed by atoms with van der Waals surface area (Å²) in [6.07, 6.45) is 0. The molecule has 0 saturated heterocycles. The molecule has 0 radical (unpaired) electrons. The summed E-state index contributed by atoms with van der Waals surface area (Å²) in [7, 11) is 1.61. The molecule has 2 N–H and O–H groups in total. The van der Waals surface area contributed by atoms with Gasteiger partial charge in [0.25, 0.3) is 0 Å². The van der Waals surface area contributed by atoms with Crippen molar-refractivity contribution in [2.24, 2.45) is 4.99 Å². The van der Waals surface area contributed by atoms with Crippen molar-refractivity contribution < 1.29 is 9.13 Å². The molecule has 0 atom stereocenters. The van der Waals surface area contributed by atoms with Crippen molar-refractivity contribution in [3.05, 3.63) is 65.3 Å². The van der Waals surface area contributed by atoms with E-state index in [1.54, 1.807) is 25.3 Å². The molecule has 1 heterocycles. The maximum atomic E-state index is 13.8. The molecule has 1 aliphatic rings. The van der Waals surface area contributed by atoms with Gasteiger partial charge in [0.2, 0.25) is 0 Å². The van der Waals surface area contributed by atoms with Crippen molar-refractivity contribution in [1.82, 2.24) is 10.9 Å². The number of nitrogens with zero attached hydrogens (tertiary/aromatic N) is 1. The van der Waals surface area contributed by atoms with Crippen molar-refractivity contribution in [3.63, 3.8) is 0 Å². The van der Waals surface area contributed by atoms with Crippen LogP contribution in [0.1, 0.15) is 5.56 Å². The fraction of sp³-hybridized carbons (Fsp3) is 0.0625. The van der Waals surface area contributed by atoms with Crippen LogP contribution in [-0.2, 0) is 0 Å². The van der Waals surface area contributed by atoms with E-state index in [4.69, 9.17) is 4.74 Å². The van der Waals surface area contributed by atoms with E-state index in [9.17, 15) is 4.39 Å². The van der Waals surface area contributed by atoms with E-state index in [0.29, 0.717) is 22.2 Å². The first kappa shape index (κ1) is 14.5. The lowest BCUT2D eigenvalue weighted by Crippen LogP contribution is -2.37. The van der Waals surface area contributed by atoms with Crippen LogP contribution in [0, 0.1) is 5.82 Å². The molecule has 0 unspecified atom stereocenters.